The molecule has 1 radical (unpaired) electrons. The Balaban J connectivity index is 0.000000169. The zero-order valence-electron chi connectivity index (χ0n) is 37.6. The molecular formula is C55H51IrN3O-2. The number of hydrogen-bond donors (Lipinski definition) is 0. The zero-order chi connectivity index (χ0) is 42.9. The van der Waals surface area contributed by atoms with Gasteiger partial charge < -0.3 is 14.0 Å². The number of nitrogens with zero attached hydrogens (tertiary/aromatic N) is 3. The van der Waals surface area contributed by atoms with Crippen LogP contribution in [0.4, 0.5) is 0 Å². The summed E-state index contributed by atoms with van der Waals surface area (Å²) in [7, 11) is 0. The maximum Gasteiger partial charge on any atom is 0.120 e. The predicted octanol–water partition coefficient (Wildman–Crippen LogP) is 14.8. The molecule has 5 heteroatoms. The molecule has 0 saturated heterocycles. The minimum atomic E-state index is -0.834. The minimum Gasteiger partial charge on any atom is -0.501 e. The normalized spacial score (nSPS) is 14.9. The van der Waals surface area contributed by atoms with Gasteiger partial charge in [0.25, 0.3) is 0 Å². The van der Waals surface area contributed by atoms with Gasteiger partial charge in [0.15, 0.2) is 0 Å². The topological polar surface area (TPSA) is 43.9 Å². The SMILES string of the molecule is CC1(C)CC(C)(C)c2cc(-c3ccnc(-c4[c-]ccc5c4oc4ccccc45)c3)ccc21.[2H]C(C)(C)c1cccc(C([2H])(C)C)c1-n1c(-c2[c-]cccc2)nc2ccccc21.[Ir]. The Bertz CT molecular complexity index is 3060. The fourth-order valence-corrected chi connectivity index (χ4v) is 9.35. The van der Waals surface area contributed by atoms with E-state index in [2.05, 4.69) is 91.8 Å². The van der Waals surface area contributed by atoms with Crippen LogP contribution >= 0.6 is 0 Å². The van der Waals surface area contributed by atoms with Gasteiger partial charge in [0.05, 0.1) is 22.4 Å². The van der Waals surface area contributed by atoms with Crippen molar-refractivity contribution >= 4 is 33.0 Å². The van der Waals surface area contributed by atoms with Crippen LogP contribution in [0.5, 0.6) is 0 Å². The number of fused-ring (bicyclic) bond motifs is 5. The molecule has 0 aliphatic heterocycles. The van der Waals surface area contributed by atoms with Gasteiger partial charge in [-0.15, -0.1) is 54.1 Å². The van der Waals surface area contributed by atoms with E-state index in [1.54, 1.807) is 0 Å². The van der Waals surface area contributed by atoms with E-state index in [0.29, 0.717) is 0 Å². The number of aromatic nitrogens is 3. The maximum atomic E-state index is 8.80. The summed E-state index contributed by atoms with van der Waals surface area (Å²) in [6.45, 7) is 17.0. The zero-order valence-corrected chi connectivity index (χ0v) is 38.0. The van der Waals surface area contributed by atoms with Crippen molar-refractivity contribution in [1.29, 1.82) is 0 Å². The minimum absolute atomic E-state index is 0. The first-order valence-electron chi connectivity index (χ1n) is 21.5. The molecule has 0 saturated carbocycles. The van der Waals surface area contributed by atoms with Crippen molar-refractivity contribution in [3.63, 3.8) is 0 Å². The van der Waals surface area contributed by atoms with Gasteiger partial charge in [-0.05, 0) is 92.4 Å². The smallest absolute Gasteiger partial charge is 0.120 e. The summed E-state index contributed by atoms with van der Waals surface area (Å²) >= 11 is 0. The second-order valence-corrected chi connectivity index (χ2v) is 17.6. The molecule has 0 N–H and O–H groups in total. The number of imidazole rings is 1. The molecule has 0 spiro atoms. The Morgan fingerprint density at radius 2 is 1.38 bits per heavy atom. The van der Waals surface area contributed by atoms with Gasteiger partial charge >= 0.3 is 0 Å². The van der Waals surface area contributed by atoms with Crippen LogP contribution in [0.25, 0.3) is 72.4 Å². The molecule has 303 valence electrons. The van der Waals surface area contributed by atoms with Crippen LogP contribution in [-0.4, -0.2) is 14.5 Å². The Kier molecular flexibility index (Phi) is 10.4. The van der Waals surface area contributed by atoms with E-state index in [-0.39, 0.29) is 30.9 Å². The fourth-order valence-electron chi connectivity index (χ4n) is 9.35. The Hall–Kier alpha value is -5.61. The molecule has 10 rings (SSSR count). The third kappa shape index (κ3) is 7.33. The van der Waals surface area contributed by atoms with Crippen molar-refractivity contribution in [2.45, 2.75) is 84.4 Å². The van der Waals surface area contributed by atoms with Gasteiger partial charge in [-0.2, -0.15) is 0 Å². The van der Waals surface area contributed by atoms with Crippen molar-refractivity contribution in [2.75, 3.05) is 0 Å². The first-order chi connectivity index (χ1) is 29.0. The summed E-state index contributed by atoms with van der Waals surface area (Å²) < 4.78 is 25.9. The monoisotopic (exact) mass is 964 g/mol. The molecule has 0 fully saturated rings. The standard InChI is InChI=1S/C30H26NO.C25H25N2.Ir/c1-29(2)18-30(3,4)25-16-19(12-13-24(25)29)20-14-15-31-26(17-20)23-10-7-9-22-21-8-5-6-11-27(21)32-28(22)23;1-17(2)20-13-10-14-21(18(3)4)24(20)27-23-16-9-8-15-22(23)26-25(27)19-11-6-5-7-12-19;/h5-9,11-17H,18H2,1-4H3;5-11,13-18H,1-4H3;/q2*-1;/i;17D,18D;. The summed E-state index contributed by atoms with van der Waals surface area (Å²) in [6.07, 6.45) is 3.06. The number of pyridine rings is 1. The van der Waals surface area contributed by atoms with E-state index in [1.165, 1.54) is 28.7 Å². The second-order valence-electron chi connectivity index (χ2n) is 17.6. The number of hydrogen-bond acceptors (Lipinski definition) is 3. The average molecular weight is 964 g/mol. The molecule has 1 aliphatic carbocycles. The van der Waals surface area contributed by atoms with Gasteiger partial charge in [-0.1, -0.05) is 139 Å². The number of para-hydroxylation sites is 4. The maximum absolute atomic E-state index is 8.80. The Morgan fingerprint density at radius 1 is 0.683 bits per heavy atom. The third-order valence-electron chi connectivity index (χ3n) is 11.9. The summed E-state index contributed by atoms with van der Waals surface area (Å²) in [5.41, 5.74) is 14.6. The van der Waals surface area contributed by atoms with E-state index < -0.39 is 11.8 Å². The third-order valence-corrected chi connectivity index (χ3v) is 11.9. The van der Waals surface area contributed by atoms with Crippen LogP contribution in [0.3, 0.4) is 0 Å². The van der Waals surface area contributed by atoms with Gasteiger partial charge in [0, 0.05) is 40.1 Å². The predicted molar refractivity (Wildman–Crippen MR) is 245 cm³/mol. The average Bonchev–Trinajstić information content (AvgIpc) is 3.87. The van der Waals surface area contributed by atoms with E-state index in [4.69, 9.17) is 12.1 Å². The molecule has 0 atom stereocenters. The number of benzene rings is 6. The van der Waals surface area contributed by atoms with E-state index in [1.807, 2.05) is 125 Å². The second kappa shape index (κ2) is 16.1. The Morgan fingerprint density at radius 3 is 2.13 bits per heavy atom. The van der Waals surface area contributed by atoms with Crippen molar-refractivity contribution in [1.82, 2.24) is 14.5 Å². The Labute approximate surface area is 370 Å². The van der Waals surface area contributed by atoms with Crippen molar-refractivity contribution in [3.8, 4) is 39.5 Å². The van der Waals surface area contributed by atoms with Crippen LogP contribution in [-0.2, 0) is 30.9 Å². The van der Waals surface area contributed by atoms with Crippen LogP contribution < -0.4 is 0 Å². The molecule has 60 heavy (non-hydrogen) atoms. The molecule has 0 bridgehead atoms. The molecular weight excluding hydrogens is 911 g/mol. The van der Waals surface area contributed by atoms with E-state index in [0.717, 1.165) is 72.4 Å². The van der Waals surface area contributed by atoms with Crippen molar-refractivity contribution in [3.05, 3.63) is 174 Å². The molecule has 9 aromatic rings. The van der Waals surface area contributed by atoms with Crippen LogP contribution in [0.2, 0.25) is 0 Å². The molecule has 6 aromatic carbocycles. The van der Waals surface area contributed by atoms with Crippen molar-refractivity contribution in [2.24, 2.45) is 0 Å². The first kappa shape index (κ1) is 38.6. The van der Waals surface area contributed by atoms with Gasteiger partial charge in [-0.3, -0.25) is 4.98 Å². The molecule has 4 nitrogen and oxygen atoms in total. The van der Waals surface area contributed by atoms with Crippen LogP contribution in [0.15, 0.2) is 144 Å². The summed E-state index contributed by atoms with van der Waals surface area (Å²) in [5, 5.41) is 2.22. The van der Waals surface area contributed by atoms with Crippen LogP contribution in [0, 0.1) is 12.1 Å². The quantitative estimate of drug-likeness (QED) is 0.156. The molecule has 3 aromatic heterocycles. The molecule has 3 heterocycles. The van der Waals surface area contributed by atoms with E-state index >= 15 is 0 Å². The van der Waals surface area contributed by atoms with Crippen LogP contribution in [0.1, 0.15) is 98.6 Å². The molecule has 0 amide bonds. The molecule has 1 aliphatic rings. The molecule has 0 unspecified atom stereocenters. The van der Waals surface area contributed by atoms with Gasteiger partial charge in [0.1, 0.15) is 5.58 Å². The number of rotatable bonds is 6. The van der Waals surface area contributed by atoms with Gasteiger partial charge in [0.2, 0.25) is 0 Å². The largest absolute Gasteiger partial charge is 0.501 e. The number of furan rings is 1. The summed E-state index contributed by atoms with van der Waals surface area (Å²) in [5.74, 6) is -0.895. The summed E-state index contributed by atoms with van der Waals surface area (Å²) in [6, 6.07) is 51.8. The fraction of sp³-hybridized carbons (Fsp3) is 0.236. The van der Waals surface area contributed by atoms with Gasteiger partial charge in [-0.25, -0.2) is 0 Å². The first-order valence-corrected chi connectivity index (χ1v) is 20.5. The van der Waals surface area contributed by atoms with Crippen molar-refractivity contribution < 1.29 is 27.3 Å². The van der Waals surface area contributed by atoms with E-state index in [9.17, 15) is 0 Å². The summed E-state index contributed by atoms with van der Waals surface area (Å²) in [4.78, 5) is 9.60.